The molecule has 72 valence electrons. The Bertz CT molecular complexity index is 330. The van der Waals surface area contributed by atoms with Gasteiger partial charge in [0, 0.05) is 6.61 Å². The van der Waals surface area contributed by atoms with E-state index in [0.717, 1.165) is 13.0 Å². The summed E-state index contributed by atoms with van der Waals surface area (Å²) in [6, 6.07) is 9.81. The highest BCUT2D eigenvalue weighted by atomic mass is 16.5. The number of hydrogen-bond acceptors (Lipinski definition) is 2. The smallest absolute Gasteiger partial charge is 0.0991 e. The molecule has 0 unspecified atom stereocenters. The molecule has 0 N–H and O–H groups in total. The summed E-state index contributed by atoms with van der Waals surface area (Å²) in [5, 5.41) is 8.66. The first-order valence-electron chi connectivity index (χ1n) is 5.02. The number of ether oxygens (including phenoxy) is 1. The fraction of sp³-hybridized carbons (Fsp3) is 0.417. The van der Waals surface area contributed by atoms with Crippen LogP contribution in [-0.2, 0) is 4.74 Å². The summed E-state index contributed by atoms with van der Waals surface area (Å²) in [6.45, 7) is 0.866. The lowest BCUT2D eigenvalue weighted by Crippen LogP contribution is -2.11. The van der Waals surface area contributed by atoms with E-state index < -0.39 is 0 Å². The molecule has 1 aromatic rings. The first-order valence-corrected chi connectivity index (χ1v) is 5.02. The quantitative estimate of drug-likeness (QED) is 0.677. The zero-order valence-corrected chi connectivity index (χ0v) is 8.07. The Balaban J connectivity index is 2.12. The van der Waals surface area contributed by atoms with E-state index in [9.17, 15) is 0 Å². The Labute approximate surface area is 84.1 Å². The van der Waals surface area contributed by atoms with E-state index in [1.54, 1.807) is 0 Å². The Morgan fingerprint density at radius 3 is 2.57 bits per heavy atom. The van der Waals surface area contributed by atoms with E-state index in [4.69, 9.17) is 10.00 Å². The molecule has 1 fully saturated rings. The predicted molar refractivity (Wildman–Crippen MR) is 53.7 cm³/mol. The van der Waals surface area contributed by atoms with Crippen molar-refractivity contribution in [2.75, 3.05) is 6.61 Å². The molecular weight excluding hydrogens is 174 g/mol. The van der Waals surface area contributed by atoms with Gasteiger partial charge in [0.15, 0.2) is 0 Å². The first-order chi connectivity index (χ1) is 6.90. The third kappa shape index (κ3) is 1.94. The first kappa shape index (κ1) is 9.23. The Kier molecular flexibility index (Phi) is 2.81. The van der Waals surface area contributed by atoms with Gasteiger partial charge in [0.05, 0.1) is 17.7 Å². The second-order valence-electron chi connectivity index (χ2n) is 3.59. The predicted octanol–water partition coefficient (Wildman–Crippen LogP) is 2.80. The van der Waals surface area contributed by atoms with Crippen molar-refractivity contribution in [3.8, 4) is 6.07 Å². The van der Waals surface area contributed by atoms with Gasteiger partial charge in [-0.2, -0.15) is 5.26 Å². The highest BCUT2D eigenvalue weighted by Gasteiger charge is 2.15. The lowest BCUT2D eigenvalue weighted by atomic mass is 10.0. The minimum Gasteiger partial charge on any atom is -0.374 e. The average Bonchev–Trinajstić information content (AvgIpc) is 2.30. The van der Waals surface area contributed by atoms with Gasteiger partial charge in [0.2, 0.25) is 0 Å². The van der Waals surface area contributed by atoms with Crippen LogP contribution in [0.15, 0.2) is 24.3 Å². The van der Waals surface area contributed by atoms with Crippen molar-refractivity contribution in [1.82, 2.24) is 0 Å². The van der Waals surface area contributed by atoms with Crippen molar-refractivity contribution in [2.24, 2.45) is 0 Å². The van der Waals surface area contributed by atoms with Gasteiger partial charge in [0.1, 0.15) is 0 Å². The van der Waals surface area contributed by atoms with Gasteiger partial charge in [-0.25, -0.2) is 0 Å². The third-order valence-corrected chi connectivity index (χ3v) is 2.59. The molecule has 0 aliphatic carbocycles. The highest BCUT2D eigenvalue weighted by Crippen LogP contribution is 2.27. The number of hydrogen-bond donors (Lipinski definition) is 0. The largest absolute Gasteiger partial charge is 0.374 e. The summed E-state index contributed by atoms with van der Waals surface area (Å²) >= 11 is 0. The molecule has 1 aliphatic rings. The summed E-state index contributed by atoms with van der Waals surface area (Å²) in [7, 11) is 0. The van der Waals surface area contributed by atoms with E-state index in [-0.39, 0.29) is 6.10 Å². The van der Waals surface area contributed by atoms with Crippen molar-refractivity contribution in [2.45, 2.75) is 25.4 Å². The summed E-state index contributed by atoms with van der Waals surface area (Å²) in [5.74, 6) is 0. The Morgan fingerprint density at radius 1 is 1.21 bits per heavy atom. The van der Waals surface area contributed by atoms with Gasteiger partial charge in [-0.15, -0.1) is 0 Å². The van der Waals surface area contributed by atoms with Gasteiger partial charge in [0.25, 0.3) is 0 Å². The van der Waals surface area contributed by atoms with Crippen molar-refractivity contribution < 1.29 is 4.74 Å². The summed E-state index contributed by atoms with van der Waals surface area (Å²) in [5.41, 5.74) is 1.91. The molecule has 1 heterocycles. The molecule has 1 aliphatic heterocycles. The molecule has 1 aromatic carbocycles. The molecule has 0 amide bonds. The molecule has 14 heavy (non-hydrogen) atoms. The van der Waals surface area contributed by atoms with Crippen molar-refractivity contribution in [1.29, 1.82) is 5.26 Å². The van der Waals surface area contributed by atoms with E-state index in [0.29, 0.717) is 5.56 Å². The third-order valence-electron chi connectivity index (χ3n) is 2.59. The zero-order valence-electron chi connectivity index (χ0n) is 8.07. The fourth-order valence-corrected chi connectivity index (χ4v) is 1.78. The lowest BCUT2D eigenvalue weighted by molar-refractivity contribution is 0.0149. The number of nitriles is 1. The van der Waals surface area contributed by atoms with Crippen LogP contribution in [0.25, 0.3) is 0 Å². The second kappa shape index (κ2) is 4.26. The van der Waals surface area contributed by atoms with Gasteiger partial charge in [-0.05, 0) is 37.0 Å². The van der Waals surface area contributed by atoms with Gasteiger partial charge in [-0.3, -0.25) is 0 Å². The molecule has 2 heteroatoms. The molecule has 0 radical (unpaired) electrons. The van der Waals surface area contributed by atoms with Crippen LogP contribution in [0, 0.1) is 11.3 Å². The Hall–Kier alpha value is -1.33. The SMILES string of the molecule is N#Cc1ccc([C@H]2CCCCO2)cc1. The van der Waals surface area contributed by atoms with Crippen LogP contribution in [0.1, 0.15) is 36.5 Å². The molecular formula is C12H13NO. The minimum atomic E-state index is 0.247. The van der Waals surface area contributed by atoms with Gasteiger partial charge < -0.3 is 4.74 Å². The van der Waals surface area contributed by atoms with E-state index >= 15 is 0 Å². The van der Waals surface area contributed by atoms with E-state index in [2.05, 4.69) is 6.07 Å². The zero-order chi connectivity index (χ0) is 9.80. The van der Waals surface area contributed by atoms with Crippen molar-refractivity contribution >= 4 is 0 Å². The maximum atomic E-state index is 8.66. The van der Waals surface area contributed by atoms with Crippen LogP contribution in [0.3, 0.4) is 0 Å². The summed E-state index contributed by atoms with van der Waals surface area (Å²) < 4.78 is 5.65. The number of benzene rings is 1. The summed E-state index contributed by atoms with van der Waals surface area (Å²) in [4.78, 5) is 0. The standard InChI is InChI=1S/C12H13NO/c13-9-10-4-6-11(7-5-10)12-3-1-2-8-14-12/h4-7,12H,1-3,8H2/t12-/m1/s1. The minimum absolute atomic E-state index is 0.247. The van der Waals surface area contributed by atoms with Crippen LogP contribution in [0.5, 0.6) is 0 Å². The number of nitrogens with zero attached hydrogens (tertiary/aromatic N) is 1. The van der Waals surface area contributed by atoms with Gasteiger partial charge in [-0.1, -0.05) is 12.1 Å². The fourth-order valence-electron chi connectivity index (χ4n) is 1.78. The second-order valence-corrected chi connectivity index (χ2v) is 3.59. The van der Waals surface area contributed by atoms with Crippen molar-refractivity contribution in [3.05, 3.63) is 35.4 Å². The topological polar surface area (TPSA) is 33.0 Å². The normalized spacial score (nSPS) is 21.5. The molecule has 1 atom stereocenters. The molecule has 0 aromatic heterocycles. The van der Waals surface area contributed by atoms with Crippen LogP contribution in [-0.4, -0.2) is 6.61 Å². The van der Waals surface area contributed by atoms with Crippen molar-refractivity contribution in [3.63, 3.8) is 0 Å². The molecule has 2 rings (SSSR count). The van der Waals surface area contributed by atoms with Crippen LogP contribution >= 0.6 is 0 Å². The van der Waals surface area contributed by atoms with Crippen LogP contribution in [0.2, 0.25) is 0 Å². The van der Waals surface area contributed by atoms with Gasteiger partial charge >= 0.3 is 0 Å². The molecule has 0 bridgehead atoms. The van der Waals surface area contributed by atoms with E-state index in [1.165, 1.54) is 18.4 Å². The monoisotopic (exact) mass is 187 g/mol. The molecule has 0 spiro atoms. The lowest BCUT2D eigenvalue weighted by Gasteiger charge is -2.22. The molecule has 2 nitrogen and oxygen atoms in total. The average molecular weight is 187 g/mol. The summed E-state index contributed by atoms with van der Waals surface area (Å²) in [6.07, 6.45) is 3.76. The Morgan fingerprint density at radius 2 is 2.00 bits per heavy atom. The van der Waals surface area contributed by atoms with E-state index in [1.807, 2.05) is 24.3 Å². The van der Waals surface area contributed by atoms with Crippen LogP contribution < -0.4 is 0 Å². The highest BCUT2D eigenvalue weighted by molar-refractivity contribution is 5.32. The van der Waals surface area contributed by atoms with Crippen LogP contribution in [0.4, 0.5) is 0 Å². The maximum absolute atomic E-state index is 8.66. The maximum Gasteiger partial charge on any atom is 0.0991 e. The molecule has 0 saturated carbocycles. The number of rotatable bonds is 1. The molecule has 1 saturated heterocycles.